The highest BCUT2D eigenvalue weighted by atomic mass is 19.4. The molecule has 0 aromatic heterocycles. The number of rotatable bonds is 6. The molecule has 4 unspecified atom stereocenters. The standard InChI is InChI=1S/C22H14F12O3/c23-19(24,25)11-1-9(2-12(5-11)20(26,27)28)17(15-7-35-15)37-18(16-8-36-16)10-3-13(21(29,30)31)6-14(4-10)22(32,33)34/h1-6,15-18H,7-8H2. The van der Waals surface area contributed by atoms with Crippen molar-refractivity contribution in [2.24, 2.45) is 0 Å². The second-order valence-corrected chi connectivity index (χ2v) is 8.40. The Labute approximate surface area is 199 Å². The summed E-state index contributed by atoms with van der Waals surface area (Å²) in [5.74, 6) is 0. The van der Waals surface area contributed by atoms with E-state index in [-0.39, 0.29) is 25.3 Å². The molecule has 4 atom stereocenters. The maximum atomic E-state index is 13.3. The first-order valence-electron chi connectivity index (χ1n) is 10.3. The number of benzene rings is 2. The third kappa shape index (κ3) is 6.49. The Morgan fingerprint density at radius 3 is 0.946 bits per heavy atom. The quantitative estimate of drug-likeness (QED) is 0.277. The topological polar surface area (TPSA) is 34.3 Å². The van der Waals surface area contributed by atoms with Crippen molar-refractivity contribution in [2.75, 3.05) is 13.2 Å². The zero-order valence-electron chi connectivity index (χ0n) is 17.9. The molecule has 0 spiro atoms. The fourth-order valence-electron chi connectivity index (χ4n) is 3.67. The van der Waals surface area contributed by atoms with E-state index in [1.807, 2.05) is 0 Å². The van der Waals surface area contributed by atoms with Crippen molar-refractivity contribution >= 4 is 0 Å². The summed E-state index contributed by atoms with van der Waals surface area (Å²) in [6.45, 7) is -0.367. The molecule has 4 rings (SSSR count). The molecule has 2 heterocycles. The summed E-state index contributed by atoms with van der Waals surface area (Å²) in [6.07, 6.45) is -26.4. The van der Waals surface area contributed by atoms with Crippen LogP contribution in [0.4, 0.5) is 52.7 Å². The average Bonchev–Trinajstić information content (AvgIpc) is 3.65. The van der Waals surface area contributed by atoms with Gasteiger partial charge in [0.2, 0.25) is 0 Å². The maximum absolute atomic E-state index is 13.3. The van der Waals surface area contributed by atoms with Crippen LogP contribution in [-0.2, 0) is 38.9 Å². The Hall–Kier alpha value is -2.52. The maximum Gasteiger partial charge on any atom is 0.416 e. The van der Waals surface area contributed by atoms with E-state index in [0.717, 1.165) is 0 Å². The minimum Gasteiger partial charge on any atom is -0.370 e. The van der Waals surface area contributed by atoms with Crippen molar-refractivity contribution in [1.82, 2.24) is 0 Å². The molecule has 204 valence electrons. The zero-order valence-corrected chi connectivity index (χ0v) is 17.9. The summed E-state index contributed by atoms with van der Waals surface area (Å²) in [5, 5.41) is 0. The number of alkyl halides is 12. The van der Waals surface area contributed by atoms with Gasteiger partial charge in [-0.15, -0.1) is 0 Å². The summed E-state index contributed by atoms with van der Waals surface area (Å²) in [5.41, 5.74) is -8.04. The lowest BCUT2D eigenvalue weighted by molar-refractivity contribution is -0.144. The van der Waals surface area contributed by atoms with Crippen molar-refractivity contribution in [3.05, 3.63) is 69.8 Å². The van der Waals surface area contributed by atoms with Crippen LogP contribution in [0.5, 0.6) is 0 Å². The van der Waals surface area contributed by atoms with Gasteiger partial charge in [-0.2, -0.15) is 52.7 Å². The predicted molar refractivity (Wildman–Crippen MR) is 98.9 cm³/mol. The predicted octanol–water partition coefficient (Wildman–Crippen LogP) is 7.36. The number of hydrogen-bond donors (Lipinski definition) is 0. The first kappa shape index (κ1) is 27.5. The molecular weight excluding hydrogens is 540 g/mol. The lowest BCUT2D eigenvalue weighted by Gasteiger charge is -2.26. The molecule has 2 aliphatic heterocycles. The van der Waals surface area contributed by atoms with Crippen LogP contribution in [0.15, 0.2) is 36.4 Å². The van der Waals surface area contributed by atoms with Gasteiger partial charge in [-0.3, -0.25) is 0 Å². The van der Waals surface area contributed by atoms with Crippen LogP contribution in [0.25, 0.3) is 0 Å². The van der Waals surface area contributed by atoms with Crippen molar-refractivity contribution in [1.29, 1.82) is 0 Å². The molecule has 0 aliphatic carbocycles. The van der Waals surface area contributed by atoms with Gasteiger partial charge in [0, 0.05) is 0 Å². The fourth-order valence-corrected chi connectivity index (χ4v) is 3.67. The Morgan fingerprint density at radius 2 is 0.757 bits per heavy atom. The Kier molecular flexibility index (Phi) is 6.73. The van der Waals surface area contributed by atoms with E-state index >= 15 is 0 Å². The lowest BCUT2D eigenvalue weighted by Crippen LogP contribution is -2.22. The van der Waals surface area contributed by atoms with Gasteiger partial charge in [-0.1, -0.05) is 0 Å². The summed E-state index contributed by atoms with van der Waals surface area (Å²) in [7, 11) is 0. The third-order valence-electron chi connectivity index (χ3n) is 5.56. The van der Waals surface area contributed by atoms with E-state index in [1.54, 1.807) is 0 Å². The molecule has 0 bridgehead atoms. The SMILES string of the molecule is FC(F)(F)c1cc(C(OC(c2cc(C(F)(F)F)cc(C(F)(F)F)c2)C2CO2)C2CO2)cc(C(F)(F)F)c1. The Bertz CT molecular complexity index is 988. The summed E-state index contributed by atoms with van der Waals surface area (Å²) < 4.78 is 175. The highest BCUT2D eigenvalue weighted by Gasteiger charge is 2.46. The van der Waals surface area contributed by atoms with E-state index in [2.05, 4.69) is 0 Å². The van der Waals surface area contributed by atoms with Gasteiger partial charge in [0.1, 0.15) is 24.4 Å². The molecule has 37 heavy (non-hydrogen) atoms. The minimum absolute atomic E-state index is 0.127. The van der Waals surface area contributed by atoms with Crippen LogP contribution >= 0.6 is 0 Å². The van der Waals surface area contributed by atoms with Gasteiger partial charge in [0.05, 0.1) is 35.5 Å². The molecule has 2 aromatic rings. The molecule has 3 nitrogen and oxygen atoms in total. The molecule has 2 aliphatic rings. The third-order valence-corrected chi connectivity index (χ3v) is 5.56. The summed E-state index contributed by atoms with van der Waals surface area (Å²) in [6, 6.07) is 1.19. The minimum atomic E-state index is -5.20. The number of epoxide rings is 2. The lowest BCUT2D eigenvalue weighted by atomic mass is 9.97. The van der Waals surface area contributed by atoms with Crippen LogP contribution in [0.1, 0.15) is 45.6 Å². The summed E-state index contributed by atoms with van der Waals surface area (Å²) in [4.78, 5) is 0. The van der Waals surface area contributed by atoms with Crippen LogP contribution in [0.3, 0.4) is 0 Å². The van der Waals surface area contributed by atoms with Crippen molar-refractivity contribution < 1.29 is 66.9 Å². The van der Waals surface area contributed by atoms with Crippen LogP contribution in [0.2, 0.25) is 0 Å². The van der Waals surface area contributed by atoms with E-state index < -0.39 is 82.5 Å². The molecule has 0 radical (unpaired) electrons. The van der Waals surface area contributed by atoms with Gasteiger partial charge >= 0.3 is 24.7 Å². The average molecular weight is 554 g/mol. The zero-order chi connectivity index (χ0) is 27.6. The molecule has 0 saturated carbocycles. The monoisotopic (exact) mass is 554 g/mol. The van der Waals surface area contributed by atoms with Gasteiger partial charge < -0.3 is 14.2 Å². The highest BCUT2D eigenvalue weighted by molar-refractivity contribution is 5.38. The van der Waals surface area contributed by atoms with E-state index in [4.69, 9.17) is 14.2 Å². The molecule has 0 N–H and O–H groups in total. The van der Waals surface area contributed by atoms with E-state index in [0.29, 0.717) is 24.3 Å². The smallest absolute Gasteiger partial charge is 0.370 e. The van der Waals surface area contributed by atoms with Crippen molar-refractivity contribution in [2.45, 2.75) is 49.1 Å². The van der Waals surface area contributed by atoms with Gasteiger partial charge in [-0.05, 0) is 47.5 Å². The molecular formula is C22H14F12O3. The van der Waals surface area contributed by atoms with Crippen LogP contribution < -0.4 is 0 Å². The molecule has 15 heteroatoms. The fraction of sp³-hybridized carbons (Fsp3) is 0.455. The Morgan fingerprint density at radius 1 is 0.514 bits per heavy atom. The largest absolute Gasteiger partial charge is 0.416 e. The normalized spacial score (nSPS) is 22.1. The van der Waals surface area contributed by atoms with Gasteiger partial charge in [-0.25, -0.2) is 0 Å². The molecule has 2 aromatic carbocycles. The van der Waals surface area contributed by atoms with E-state index in [1.165, 1.54) is 0 Å². The van der Waals surface area contributed by atoms with E-state index in [9.17, 15) is 52.7 Å². The second-order valence-electron chi connectivity index (χ2n) is 8.40. The molecule has 2 saturated heterocycles. The first-order chi connectivity index (χ1) is 16.8. The first-order valence-corrected chi connectivity index (χ1v) is 10.3. The Balaban J connectivity index is 1.79. The van der Waals surface area contributed by atoms with Gasteiger partial charge in [0.15, 0.2) is 0 Å². The highest BCUT2D eigenvalue weighted by Crippen LogP contribution is 2.45. The summed E-state index contributed by atoms with van der Waals surface area (Å²) >= 11 is 0. The number of hydrogen-bond acceptors (Lipinski definition) is 3. The van der Waals surface area contributed by atoms with Gasteiger partial charge in [0.25, 0.3) is 0 Å². The van der Waals surface area contributed by atoms with Crippen molar-refractivity contribution in [3.63, 3.8) is 0 Å². The van der Waals surface area contributed by atoms with Crippen molar-refractivity contribution in [3.8, 4) is 0 Å². The number of halogens is 12. The molecule has 2 fully saturated rings. The molecule has 0 amide bonds. The van der Waals surface area contributed by atoms with Crippen LogP contribution in [-0.4, -0.2) is 25.4 Å². The second kappa shape index (κ2) is 9.05. The van der Waals surface area contributed by atoms with Crippen LogP contribution in [0, 0.1) is 0 Å². The number of ether oxygens (including phenoxy) is 3.